The average molecular weight is 842 g/mol. The molecule has 0 saturated carbocycles. The van der Waals surface area contributed by atoms with Gasteiger partial charge in [-0.05, 0) is 79.1 Å². The minimum atomic E-state index is -1.27. The van der Waals surface area contributed by atoms with Gasteiger partial charge in [-0.3, -0.25) is 0 Å². The zero-order valence-corrected chi connectivity index (χ0v) is 42.1. The molecule has 344 valence electrons. The largest absolute Gasteiger partial charge is 0.324 e. The molecule has 0 atom stereocenters. The van der Waals surface area contributed by atoms with Crippen LogP contribution in [0.3, 0.4) is 0 Å². The minimum absolute atomic E-state index is 1.27. The van der Waals surface area contributed by atoms with Gasteiger partial charge in [-0.25, -0.2) is 0 Å². The number of hydrogen-bond donors (Lipinski definition) is 0. The van der Waals surface area contributed by atoms with Crippen LogP contribution in [-0.4, -0.2) is 36.8 Å². The molecule has 1 nitrogen and oxygen atoms in total. The lowest BCUT2D eigenvalue weighted by Gasteiger charge is -2.44. The first-order valence-electron chi connectivity index (χ1n) is 26.5. The Labute approximate surface area is 385 Å². The standard InChI is InChI=1S/C32H68N.C28H28B/c1-5-9-13-17-21-25-29-33(30-26-22-18-14-10-6-2,31-27-23-19-15-11-7-3)32-28-24-20-16-12-8-4;1-21-5-13-25(14-6-21)29(26-15-7-22(2)8-16-26,27-17-9-23(3)10-18-27)28-19-11-24(4)12-20-28/h5-32H2,1-4H3;5-20H,1-4H3/q+1;-1. The fourth-order valence-electron chi connectivity index (χ4n) is 10.2. The summed E-state index contributed by atoms with van der Waals surface area (Å²) in [6.45, 7) is 23.9. The summed E-state index contributed by atoms with van der Waals surface area (Å²) in [5.41, 5.74) is 10.6. The van der Waals surface area contributed by atoms with Crippen molar-refractivity contribution in [1.82, 2.24) is 0 Å². The molecule has 0 N–H and O–H groups in total. The van der Waals surface area contributed by atoms with Gasteiger partial charge in [0.1, 0.15) is 6.15 Å². The van der Waals surface area contributed by atoms with E-state index in [2.05, 4.69) is 152 Å². The molecule has 0 bridgehead atoms. The number of aryl methyl sites for hydroxylation is 4. The van der Waals surface area contributed by atoms with Gasteiger partial charge in [0.2, 0.25) is 0 Å². The number of benzene rings is 4. The monoisotopic (exact) mass is 842 g/mol. The number of nitrogens with zero attached hydrogens (tertiary/aromatic N) is 1. The predicted molar refractivity (Wildman–Crippen MR) is 282 cm³/mol. The third kappa shape index (κ3) is 18.9. The summed E-state index contributed by atoms with van der Waals surface area (Å²) in [7, 11) is 0. The van der Waals surface area contributed by atoms with Crippen molar-refractivity contribution in [2.45, 2.75) is 209 Å². The Morgan fingerprint density at radius 1 is 0.258 bits per heavy atom. The summed E-state index contributed by atoms with van der Waals surface area (Å²) in [4.78, 5) is 0. The number of unbranched alkanes of at least 4 members (excludes halogenated alkanes) is 20. The quantitative estimate of drug-likeness (QED) is 0.0261. The molecule has 0 fully saturated rings. The van der Waals surface area contributed by atoms with Crippen molar-refractivity contribution in [3.63, 3.8) is 0 Å². The van der Waals surface area contributed by atoms with Crippen LogP contribution in [0.5, 0.6) is 0 Å². The van der Waals surface area contributed by atoms with E-state index in [0.717, 1.165) is 0 Å². The zero-order chi connectivity index (χ0) is 44.7. The van der Waals surface area contributed by atoms with Gasteiger partial charge in [-0.1, -0.05) is 250 Å². The first-order chi connectivity index (χ1) is 30.2. The van der Waals surface area contributed by atoms with Gasteiger partial charge in [0, 0.05) is 0 Å². The summed E-state index contributed by atoms with van der Waals surface area (Å²) < 4.78 is 1.48. The molecule has 0 aromatic heterocycles. The van der Waals surface area contributed by atoms with Crippen molar-refractivity contribution >= 4 is 28.0 Å². The Balaban J connectivity index is 0.000000332. The molecule has 0 aliphatic carbocycles. The van der Waals surface area contributed by atoms with E-state index >= 15 is 0 Å². The number of quaternary nitrogens is 1. The lowest BCUT2D eigenvalue weighted by molar-refractivity contribution is -0.929. The maximum Gasteiger partial charge on any atom is 0.108 e. The lowest BCUT2D eigenvalue weighted by atomic mass is 9.13. The van der Waals surface area contributed by atoms with Crippen LogP contribution in [0.2, 0.25) is 0 Å². The van der Waals surface area contributed by atoms with Gasteiger partial charge < -0.3 is 4.48 Å². The highest BCUT2D eigenvalue weighted by Crippen LogP contribution is 2.21. The van der Waals surface area contributed by atoms with Crippen LogP contribution >= 0.6 is 0 Å². The molecule has 4 rings (SSSR count). The van der Waals surface area contributed by atoms with Crippen molar-refractivity contribution in [3.8, 4) is 0 Å². The second kappa shape index (κ2) is 31.7. The van der Waals surface area contributed by atoms with Crippen molar-refractivity contribution < 1.29 is 4.48 Å². The van der Waals surface area contributed by atoms with Gasteiger partial charge in [0.15, 0.2) is 0 Å². The molecule has 0 saturated heterocycles. The minimum Gasteiger partial charge on any atom is -0.324 e. The van der Waals surface area contributed by atoms with Crippen molar-refractivity contribution in [2.24, 2.45) is 0 Å². The van der Waals surface area contributed by atoms with Gasteiger partial charge in [-0.15, -0.1) is 0 Å². The number of rotatable bonds is 32. The van der Waals surface area contributed by atoms with Crippen LogP contribution < -0.4 is 21.9 Å². The zero-order valence-electron chi connectivity index (χ0n) is 42.1. The molecule has 0 amide bonds. The first kappa shape index (κ1) is 53.2. The Bertz CT molecular complexity index is 1400. The molecule has 2 heteroatoms. The Kier molecular flexibility index (Phi) is 27.2. The van der Waals surface area contributed by atoms with E-state index in [1.165, 1.54) is 229 Å². The van der Waals surface area contributed by atoms with Gasteiger partial charge in [0.25, 0.3) is 0 Å². The van der Waals surface area contributed by atoms with E-state index in [0.29, 0.717) is 0 Å². The van der Waals surface area contributed by atoms with Crippen molar-refractivity contribution in [1.29, 1.82) is 0 Å². The molecule has 62 heavy (non-hydrogen) atoms. The van der Waals surface area contributed by atoms with Gasteiger partial charge >= 0.3 is 0 Å². The molecular weight excluding hydrogens is 745 g/mol. The van der Waals surface area contributed by atoms with Crippen molar-refractivity contribution in [2.75, 3.05) is 26.2 Å². The van der Waals surface area contributed by atoms with E-state index in [4.69, 9.17) is 0 Å². The summed E-state index contributed by atoms with van der Waals surface area (Å²) in [6, 6.07) is 36.4. The summed E-state index contributed by atoms with van der Waals surface area (Å²) in [6.07, 6.45) is 33.5. The molecule has 0 unspecified atom stereocenters. The van der Waals surface area contributed by atoms with E-state index < -0.39 is 6.15 Å². The van der Waals surface area contributed by atoms with E-state index in [1.54, 1.807) is 0 Å². The Morgan fingerprint density at radius 3 is 0.629 bits per heavy atom. The van der Waals surface area contributed by atoms with Crippen LogP contribution in [-0.2, 0) is 0 Å². The van der Waals surface area contributed by atoms with E-state index in [9.17, 15) is 0 Å². The third-order valence-corrected chi connectivity index (χ3v) is 14.3. The highest BCUT2D eigenvalue weighted by molar-refractivity contribution is 7.19. The predicted octanol–water partition coefficient (Wildman–Crippen LogP) is 15.5. The summed E-state index contributed by atoms with van der Waals surface area (Å²) in [5, 5.41) is 0. The summed E-state index contributed by atoms with van der Waals surface area (Å²) >= 11 is 0. The van der Waals surface area contributed by atoms with Crippen LogP contribution in [0, 0.1) is 27.7 Å². The molecular formula is C60H96BN. The second-order valence-electron chi connectivity index (χ2n) is 19.8. The third-order valence-electron chi connectivity index (χ3n) is 14.3. The highest BCUT2D eigenvalue weighted by atomic mass is 15.3. The fourth-order valence-corrected chi connectivity index (χ4v) is 10.2. The topological polar surface area (TPSA) is 0 Å². The number of hydrogen-bond acceptors (Lipinski definition) is 0. The lowest BCUT2D eigenvalue weighted by Crippen LogP contribution is -2.74. The molecule has 0 aliphatic rings. The van der Waals surface area contributed by atoms with Crippen molar-refractivity contribution in [3.05, 3.63) is 119 Å². The Morgan fingerprint density at radius 2 is 0.435 bits per heavy atom. The highest BCUT2D eigenvalue weighted by Gasteiger charge is 2.31. The molecule has 4 aromatic carbocycles. The molecule has 0 radical (unpaired) electrons. The van der Waals surface area contributed by atoms with Crippen LogP contribution in [0.15, 0.2) is 97.1 Å². The fraction of sp³-hybridized carbons (Fsp3) is 0.600. The maximum atomic E-state index is 2.34. The summed E-state index contributed by atoms with van der Waals surface area (Å²) in [5.74, 6) is 0. The molecule has 0 heterocycles. The smallest absolute Gasteiger partial charge is 0.108 e. The normalized spacial score (nSPS) is 11.7. The molecule has 0 aliphatic heterocycles. The average Bonchev–Trinajstić information content (AvgIpc) is 3.28. The Hall–Kier alpha value is -3.10. The van der Waals surface area contributed by atoms with Crippen LogP contribution in [0.1, 0.15) is 204 Å². The van der Waals surface area contributed by atoms with E-state index in [-0.39, 0.29) is 0 Å². The van der Waals surface area contributed by atoms with Crippen LogP contribution in [0.25, 0.3) is 0 Å². The van der Waals surface area contributed by atoms with Gasteiger partial charge in [-0.2, -0.15) is 21.9 Å². The SMILES string of the molecule is CCCCCCCC[N+](CCCCCCCC)(CCCCCCCC)CCCCCCCC.Cc1ccc([B-](c2ccc(C)cc2)(c2ccc(C)cc2)c2ccc(C)cc2)cc1. The van der Waals surface area contributed by atoms with Gasteiger partial charge in [0.05, 0.1) is 26.2 Å². The van der Waals surface area contributed by atoms with E-state index in [1.807, 2.05) is 0 Å². The second-order valence-corrected chi connectivity index (χ2v) is 19.8. The van der Waals surface area contributed by atoms with Crippen LogP contribution in [0.4, 0.5) is 0 Å². The molecule has 0 spiro atoms. The maximum absolute atomic E-state index is 2.34. The molecule has 4 aromatic rings. The first-order valence-corrected chi connectivity index (χ1v) is 26.5.